The van der Waals surface area contributed by atoms with Crippen LogP contribution < -0.4 is 5.73 Å². The van der Waals surface area contributed by atoms with Crippen LogP contribution in [0, 0.1) is 0 Å². The molecule has 0 radical (unpaired) electrons. The Morgan fingerprint density at radius 3 is 1.50 bits per heavy atom. The van der Waals surface area contributed by atoms with Gasteiger partial charge in [0.05, 0.1) is 13.2 Å². The Morgan fingerprint density at radius 1 is 0.600 bits per heavy atom. The highest BCUT2D eigenvalue weighted by Gasteiger charge is 2.28. The van der Waals surface area contributed by atoms with E-state index in [1.165, 1.54) is 64.2 Å². The number of aliphatic carboxylic acids is 1. The van der Waals surface area contributed by atoms with Gasteiger partial charge < -0.3 is 25.2 Å². The van der Waals surface area contributed by atoms with Gasteiger partial charge in [-0.15, -0.1) is 0 Å². The zero-order valence-corrected chi connectivity index (χ0v) is 32.1. The highest BCUT2D eigenvalue weighted by Crippen LogP contribution is 2.43. The summed E-state index contributed by atoms with van der Waals surface area (Å²) in [6.07, 6.45) is 32.5. The fourth-order valence-electron chi connectivity index (χ4n) is 5.05. The first-order valence-electron chi connectivity index (χ1n) is 19.4. The minimum absolute atomic E-state index is 0.140. The Bertz CT molecular complexity index is 958. The molecule has 3 atom stereocenters. The number of esters is 2. The summed E-state index contributed by atoms with van der Waals surface area (Å²) in [7, 11) is -4.71. The predicted molar refractivity (Wildman–Crippen MR) is 199 cm³/mol. The molecular weight excluding hydrogens is 661 g/mol. The van der Waals surface area contributed by atoms with E-state index in [1.54, 1.807) is 0 Å². The van der Waals surface area contributed by atoms with Crippen molar-refractivity contribution in [3.05, 3.63) is 24.3 Å². The van der Waals surface area contributed by atoms with Crippen molar-refractivity contribution in [3.63, 3.8) is 0 Å². The zero-order chi connectivity index (χ0) is 37.1. The molecular formula is C38H70NO10P. The maximum Gasteiger partial charge on any atom is 0.472 e. The molecule has 0 fully saturated rings. The second-order valence-electron chi connectivity index (χ2n) is 13.1. The molecule has 0 saturated heterocycles. The summed E-state index contributed by atoms with van der Waals surface area (Å²) in [5, 5.41) is 8.85. The fraction of sp³-hybridized carbons (Fsp3) is 0.816. The lowest BCUT2D eigenvalue weighted by molar-refractivity contribution is -0.161. The smallest absolute Gasteiger partial charge is 0.472 e. The number of phosphoric acid groups is 1. The molecule has 0 aromatic heterocycles. The Morgan fingerprint density at radius 2 is 1.00 bits per heavy atom. The van der Waals surface area contributed by atoms with Crippen molar-refractivity contribution >= 4 is 25.7 Å². The maximum absolute atomic E-state index is 12.5. The summed E-state index contributed by atoms with van der Waals surface area (Å²) in [6.45, 7) is 2.73. The van der Waals surface area contributed by atoms with Crippen LogP contribution in [0.3, 0.4) is 0 Å². The van der Waals surface area contributed by atoms with Gasteiger partial charge in [-0.1, -0.05) is 115 Å². The van der Waals surface area contributed by atoms with E-state index < -0.39 is 51.1 Å². The quantitative estimate of drug-likeness (QED) is 0.0242. The number of ether oxygens (including phenoxy) is 2. The SMILES string of the molecule is CCCCCC/C=C/CCCCCCCC(=O)OC[C@H](COP(=O)(O)OC[C@H](N)C(=O)O)OC(=O)CCCCC/C=C/CCCCCCCC. The molecule has 0 rings (SSSR count). The lowest BCUT2D eigenvalue weighted by Crippen LogP contribution is -2.34. The normalized spacial score (nSPS) is 14.2. The fourth-order valence-corrected chi connectivity index (χ4v) is 5.83. The number of rotatable bonds is 36. The maximum atomic E-state index is 12.5. The molecule has 1 unspecified atom stereocenters. The van der Waals surface area contributed by atoms with Crippen LogP contribution in [0.4, 0.5) is 0 Å². The van der Waals surface area contributed by atoms with Gasteiger partial charge in [0.2, 0.25) is 0 Å². The summed E-state index contributed by atoms with van der Waals surface area (Å²) in [4.78, 5) is 45.7. The largest absolute Gasteiger partial charge is 0.480 e. The number of carboxylic acids is 1. The van der Waals surface area contributed by atoms with Crippen molar-refractivity contribution < 1.29 is 47.5 Å². The summed E-state index contributed by atoms with van der Waals surface area (Å²) < 4.78 is 32.5. The topological polar surface area (TPSA) is 172 Å². The van der Waals surface area contributed by atoms with Gasteiger partial charge in [-0.3, -0.25) is 23.4 Å². The van der Waals surface area contributed by atoms with Crippen LogP contribution in [-0.4, -0.2) is 59.9 Å². The third-order valence-electron chi connectivity index (χ3n) is 8.17. The van der Waals surface area contributed by atoms with Gasteiger partial charge >= 0.3 is 25.7 Å². The van der Waals surface area contributed by atoms with Crippen molar-refractivity contribution in [2.24, 2.45) is 5.73 Å². The number of hydrogen-bond acceptors (Lipinski definition) is 9. The Labute approximate surface area is 302 Å². The van der Waals surface area contributed by atoms with E-state index >= 15 is 0 Å². The second-order valence-corrected chi connectivity index (χ2v) is 14.5. The molecule has 0 aliphatic rings. The van der Waals surface area contributed by atoms with Crippen LogP contribution in [0.1, 0.15) is 168 Å². The molecule has 0 aromatic rings. The molecule has 50 heavy (non-hydrogen) atoms. The Balaban J connectivity index is 4.47. The van der Waals surface area contributed by atoms with E-state index in [-0.39, 0.29) is 19.4 Å². The molecule has 292 valence electrons. The zero-order valence-electron chi connectivity index (χ0n) is 31.2. The number of carboxylic acid groups (broad SMARTS) is 1. The number of carbonyl (C=O) groups is 3. The predicted octanol–water partition coefficient (Wildman–Crippen LogP) is 9.50. The number of carbonyl (C=O) groups excluding carboxylic acids is 2. The monoisotopic (exact) mass is 731 g/mol. The van der Waals surface area contributed by atoms with Crippen LogP contribution in [0.25, 0.3) is 0 Å². The van der Waals surface area contributed by atoms with Crippen molar-refractivity contribution in [2.45, 2.75) is 180 Å². The third kappa shape index (κ3) is 33.1. The summed E-state index contributed by atoms with van der Waals surface area (Å²) in [5.74, 6) is -2.41. The van der Waals surface area contributed by atoms with E-state index in [2.05, 4.69) is 42.7 Å². The van der Waals surface area contributed by atoms with Crippen molar-refractivity contribution in [3.8, 4) is 0 Å². The molecule has 0 spiro atoms. The number of unbranched alkanes of at least 4 members (excludes halogenated alkanes) is 18. The van der Waals surface area contributed by atoms with Gasteiger partial charge in [0, 0.05) is 12.8 Å². The molecule has 12 heteroatoms. The number of hydrogen-bond donors (Lipinski definition) is 3. The molecule has 0 saturated carbocycles. The molecule has 0 amide bonds. The van der Waals surface area contributed by atoms with Gasteiger partial charge in [-0.25, -0.2) is 4.57 Å². The van der Waals surface area contributed by atoms with Gasteiger partial charge in [0.15, 0.2) is 6.10 Å². The Kier molecular flexibility index (Phi) is 32.7. The van der Waals surface area contributed by atoms with Crippen LogP contribution in [0.5, 0.6) is 0 Å². The van der Waals surface area contributed by atoms with E-state index in [4.69, 9.17) is 24.8 Å². The third-order valence-corrected chi connectivity index (χ3v) is 9.12. The summed E-state index contributed by atoms with van der Waals surface area (Å²) in [6, 6.07) is -1.52. The Hall–Kier alpha value is -2.04. The van der Waals surface area contributed by atoms with Crippen molar-refractivity contribution in [1.29, 1.82) is 0 Å². The number of allylic oxidation sites excluding steroid dienone is 4. The molecule has 4 N–H and O–H groups in total. The lowest BCUT2D eigenvalue weighted by Gasteiger charge is -2.20. The highest BCUT2D eigenvalue weighted by atomic mass is 31.2. The van der Waals surface area contributed by atoms with Crippen molar-refractivity contribution in [1.82, 2.24) is 0 Å². The number of nitrogens with two attached hydrogens (primary N) is 1. The van der Waals surface area contributed by atoms with E-state index in [0.29, 0.717) is 12.8 Å². The summed E-state index contributed by atoms with van der Waals surface area (Å²) in [5.41, 5.74) is 5.31. The summed E-state index contributed by atoms with van der Waals surface area (Å²) >= 11 is 0. The molecule has 0 aromatic carbocycles. The molecule has 11 nitrogen and oxygen atoms in total. The average molecular weight is 732 g/mol. The van der Waals surface area contributed by atoms with Crippen LogP contribution in [0.2, 0.25) is 0 Å². The van der Waals surface area contributed by atoms with Gasteiger partial charge in [-0.2, -0.15) is 0 Å². The van der Waals surface area contributed by atoms with E-state index in [0.717, 1.165) is 64.2 Å². The van der Waals surface area contributed by atoms with E-state index in [9.17, 15) is 23.8 Å². The first-order valence-corrected chi connectivity index (χ1v) is 20.9. The van der Waals surface area contributed by atoms with E-state index in [1.807, 2.05) is 0 Å². The highest BCUT2D eigenvalue weighted by molar-refractivity contribution is 7.47. The first-order chi connectivity index (χ1) is 24.1. The van der Waals surface area contributed by atoms with Crippen LogP contribution in [-0.2, 0) is 37.5 Å². The van der Waals surface area contributed by atoms with Crippen LogP contribution in [0.15, 0.2) is 24.3 Å². The van der Waals surface area contributed by atoms with Gasteiger partial charge in [0.1, 0.15) is 12.6 Å². The van der Waals surface area contributed by atoms with Crippen molar-refractivity contribution in [2.75, 3.05) is 19.8 Å². The minimum atomic E-state index is -4.71. The molecule has 0 heterocycles. The second kappa shape index (κ2) is 34.1. The lowest BCUT2D eigenvalue weighted by atomic mass is 10.1. The van der Waals surface area contributed by atoms with Gasteiger partial charge in [-0.05, 0) is 64.2 Å². The standard InChI is InChI=1S/C38H70NO10P/c1-3-5-7-9-11-13-15-17-19-21-23-25-27-29-36(40)46-31-34(32-47-50(44,45)48-33-35(39)38(42)43)49-37(41)30-28-26-24-22-20-18-16-14-12-10-8-6-4-2/h13,15,18,20,34-35H,3-12,14,16-17,19,21-33,39H2,1-2H3,(H,42,43)(H,44,45)/b15-13+,20-18+/t34-,35+/m1/s1. The van der Waals surface area contributed by atoms with Gasteiger partial charge in [0.25, 0.3) is 0 Å². The first kappa shape index (κ1) is 48.0. The average Bonchev–Trinajstić information content (AvgIpc) is 3.09. The molecule has 0 aliphatic carbocycles. The number of phosphoric ester groups is 1. The van der Waals surface area contributed by atoms with Crippen LogP contribution >= 0.6 is 7.82 Å². The molecule has 0 bridgehead atoms. The molecule has 0 aliphatic heterocycles. The minimum Gasteiger partial charge on any atom is -0.480 e.